The molecule has 316 valence electrons. The van der Waals surface area contributed by atoms with Gasteiger partial charge in [-0.05, 0) is 70.9 Å². The number of hydrogen-bond donors (Lipinski definition) is 3. The van der Waals surface area contributed by atoms with Crippen molar-refractivity contribution in [3.8, 4) is 5.75 Å². The minimum atomic E-state index is -5.65. The SMILES string of the molecule is O=S(=O)(O)OCCS(=O)(=O)c1cccc2ccc(N=c3nc(Cl)[nH]c(=Nc4cc(S(=O)(=O)[O-])cc5cc(S(=O)(=O)[O-])c(N=Nc6ccccc6S(=O)(=O)[O-])c([O-])c45)[nH]3)cc12.[Na+].[Na+].[Na+].[Na+]. The van der Waals surface area contributed by atoms with Crippen molar-refractivity contribution in [3.05, 3.63) is 95.4 Å². The van der Waals surface area contributed by atoms with Crippen LogP contribution in [0.4, 0.5) is 22.7 Å². The molecule has 0 amide bonds. The molecule has 0 radical (unpaired) electrons. The maximum absolute atomic E-state index is 14.0. The van der Waals surface area contributed by atoms with E-state index in [0.717, 1.165) is 18.2 Å². The van der Waals surface area contributed by atoms with E-state index in [9.17, 15) is 60.9 Å². The molecule has 3 N–H and O–H groups in total. The Morgan fingerprint density at radius 3 is 1.94 bits per heavy atom. The Balaban J connectivity index is 0.00000352. The van der Waals surface area contributed by atoms with E-state index < -0.39 is 122 Å². The van der Waals surface area contributed by atoms with Crippen LogP contribution >= 0.6 is 11.6 Å². The van der Waals surface area contributed by atoms with E-state index in [-0.39, 0.29) is 140 Å². The van der Waals surface area contributed by atoms with Crippen LogP contribution in [0.25, 0.3) is 21.5 Å². The third-order valence-electron chi connectivity index (χ3n) is 7.90. The standard InChI is InChI=1S/C31H24ClN7O16S5.4Na/c32-29-35-30(33-18-9-8-16-4-3-7-23(20(16)14-18)56(41,42)11-10-55-60(52,53)54)37-31(36-29)34-22-15-19(57(43,44)45)12-17-13-25(59(49,50)51)27(28(40)26(17)22)39-38-21-5-1-2-6-24(21)58(46,47)48;;;;/h1-9,12-15,40H,10-11H2,(H,43,44,45)(H,46,47,48)(H,49,50,51)(H,52,53,54)(H2,33,34,35,36,37);;;;/q;4*+1/p-4. The first-order valence-electron chi connectivity index (χ1n) is 15.8. The third-order valence-corrected chi connectivity index (χ3v) is 12.8. The number of nitrogens with zero attached hydrogens (tertiary/aromatic N) is 5. The third kappa shape index (κ3) is 14.5. The normalized spacial score (nSPS) is 13.0. The number of hydrogen-bond acceptors (Lipinski definition) is 20. The molecular weight excluding hydrogens is 1010 g/mol. The molecule has 0 spiro atoms. The van der Waals surface area contributed by atoms with E-state index in [1.54, 1.807) is 6.07 Å². The Morgan fingerprint density at radius 1 is 0.672 bits per heavy atom. The molecule has 23 nitrogen and oxygen atoms in total. The Hall–Kier alpha value is -1.53. The second-order valence-electron chi connectivity index (χ2n) is 11.9. The molecule has 0 atom stereocenters. The van der Waals surface area contributed by atoms with E-state index in [1.807, 2.05) is 0 Å². The number of sulfone groups is 1. The van der Waals surface area contributed by atoms with Crippen molar-refractivity contribution in [2.45, 2.75) is 19.6 Å². The second-order valence-corrected chi connectivity index (χ2v) is 19.5. The van der Waals surface area contributed by atoms with Gasteiger partial charge in [0.15, 0.2) is 9.84 Å². The van der Waals surface area contributed by atoms with Gasteiger partial charge in [0.1, 0.15) is 36.0 Å². The molecule has 1 aromatic heterocycles. The quantitative estimate of drug-likeness (QED) is 0.0582. The average Bonchev–Trinajstić information content (AvgIpc) is 3.12. The van der Waals surface area contributed by atoms with Gasteiger partial charge < -0.3 is 23.7 Å². The summed E-state index contributed by atoms with van der Waals surface area (Å²) in [6.45, 7) is -0.896. The van der Waals surface area contributed by atoms with Gasteiger partial charge in [-0.3, -0.25) is 9.54 Å². The fraction of sp³-hybridized carbons (Fsp3) is 0.0645. The van der Waals surface area contributed by atoms with Crippen LogP contribution in [0.15, 0.2) is 119 Å². The molecule has 0 aliphatic heterocycles. The predicted octanol–water partition coefficient (Wildman–Crippen LogP) is -10.0. The van der Waals surface area contributed by atoms with Crippen LogP contribution in [0.2, 0.25) is 5.28 Å². The number of benzene rings is 5. The van der Waals surface area contributed by atoms with Crippen LogP contribution in [-0.4, -0.2) is 87.6 Å². The smallest absolute Gasteiger partial charge is 0.870 e. The number of rotatable bonds is 12. The van der Waals surface area contributed by atoms with E-state index >= 15 is 0 Å². The molecule has 0 fully saturated rings. The van der Waals surface area contributed by atoms with Gasteiger partial charge in [-0.15, -0.1) is 10.2 Å². The summed E-state index contributed by atoms with van der Waals surface area (Å²) < 4.78 is 170. The molecule has 33 heteroatoms. The molecule has 0 unspecified atom stereocenters. The van der Waals surface area contributed by atoms with E-state index in [0.29, 0.717) is 23.6 Å². The summed E-state index contributed by atoms with van der Waals surface area (Å²) >= 11 is 6.18. The van der Waals surface area contributed by atoms with Crippen molar-refractivity contribution < 1.29 is 188 Å². The number of nitrogens with one attached hydrogen (secondary N) is 2. The summed E-state index contributed by atoms with van der Waals surface area (Å²) in [5, 5.41) is 19.8. The number of H-pyrrole nitrogens is 2. The first-order chi connectivity index (χ1) is 27.8. The molecule has 1 heterocycles. The minimum Gasteiger partial charge on any atom is -0.870 e. The first-order valence-corrected chi connectivity index (χ1v) is 23.5. The number of azo groups is 1. The van der Waals surface area contributed by atoms with Crippen LogP contribution in [0, 0.1) is 0 Å². The zero-order chi connectivity index (χ0) is 44.0. The van der Waals surface area contributed by atoms with Crippen molar-refractivity contribution in [3.63, 3.8) is 0 Å². The zero-order valence-corrected chi connectivity index (χ0v) is 46.0. The van der Waals surface area contributed by atoms with Crippen LogP contribution in [0.5, 0.6) is 5.75 Å². The summed E-state index contributed by atoms with van der Waals surface area (Å²) in [6.07, 6.45) is 0. The summed E-state index contributed by atoms with van der Waals surface area (Å²) in [5.41, 5.74) is -3.34. The van der Waals surface area contributed by atoms with Gasteiger partial charge in [-0.2, -0.15) is 13.4 Å². The van der Waals surface area contributed by atoms with Crippen molar-refractivity contribution >= 4 is 106 Å². The molecule has 0 saturated carbocycles. The molecule has 0 saturated heterocycles. The summed E-state index contributed by atoms with van der Waals surface area (Å²) in [5.74, 6) is -2.29. The molecule has 64 heavy (non-hydrogen) atoms. The molecule has 0 bridgehead atoms. The van der Waals surface area contributed by atoms with Crippen molar-refractivity contribution in [1.29, 1.82) is 0 Å². The Labute approximate surface area is 456 Å². The Kier molecular flexibility index (Phi) is 20.8. The van der Waals surface area contributed by atoms with E-state index in [2.05, 4.69) is 39.3 Å². The largest absolute Gasteiger partial charge is 1.00 e. The fourth-order valence-electron chi connectivity index (χ4n) is 5.46. The molecule has 5 aromatic carbocycles. The van der Waals surface area contributed by atoms with Gasteiger partial charge in [0.2, 0.25) is 16.5 Å². The Morgan fingerprint density at radius 2 is 1.31 bits per heavy atom. The van der Waals surface area contributed by atoms with Gasteiger partial charge in [0.05, 0.1) is 49.0 Å². The monoisotopic (exact) mass is 1030 g/mol. The number of aromatic nitrogens is 3. The second kappa shape index (κ2) is 22.7. The fourth-order valence-corrected chi connectivity index (χ4v) is 9.13. The van der Waals surface area contributed by atoms with Crippen LogP contribution in [-0.2, 0) is 54.8 Å². The van der Waals surface area contributed by atoms with Gasteiger partial charge in [0, 0.05) is 10.8 Å². The molecule has 6 aromatic rings. The number of fused-ring (bicyclic) bond motifs is 2. The van der Waals surface area contributed by atoms with Gasteiger partial charge in [-0.1, -0.05) is 36.1 Å². The van der Waals surface area contributed by atoms with E-state index in [4.69, 9.17) is 16.2 Å². The number of aromatic amines is 2. The summed E-state index contributed by atoms with van der Waals surface area (Å²) in [7, 11) is -25.3. The molecular formula is C31H20ClN7Na4O16S5. The Bertz CT molecular complexity index is 3540. The van der Waals surface area contributed by atoms with Gasteiger partial charge >= 0.3 is 129 Å². The first kappa shape index (κ1) is 58.6. The predicted molar refractivity (Wildman–Crippen MR) is 200 cm³/mol. The maximum Gasteiger partial charge on any atom is 1.00 e. The molecule has 0 aliphatic rings. The van der Waals surface area contributed by atoms with Crippen LogP contribution in [0.3, 0.4) is 0 Å². The summed E-state index contributed by atoms with van der Waals surface area (Å²) in [6, 6.07) is 14.3. The van der Waals surface area contributed by atoms with Crippen LogP contribution in [0.1, 0.15) is 0 Å². The van der Waals surface area contributed by atoms with Crippen molar-refractivity contribution in [1.82, 2.24) is 15.0 Å². The maximum atomic E-state index is 14.0. The topological polar surface area (TPSA) is 386 Å². The van der Waals surface area contributed by atoms with E-state index in [1.165, 1.54) is 36.4 Å². The molecule has 6 rings (SSSR count). The number of halogens is 1. The average molecular weight is 1030 g/mol. The molecule has 0 aliphatic carbocycles. The van der Waals surface area contributed by atoms with Crippen molar-refractivity contribution in [2.75, 3.05) is 12.4 Å². The zero-order valence-electron chi connectivity index (χ0n) is 33.1. The van der Waals surface area contributed by atoms with Gasteiger partial charge in [0.25, 0.3) is 0 Å². The van der Waals surface area contributed by atoms with Gasteiger partial charge in [-0.25, -0.2) is 47.8 Å². The minimum absolute atomic E-state index is 0. The van der Waals surface area contributed by atoms with Crippen molar-refractivity contribution in [2.24, 2.45) is 20.2 Å². The summed E-state index contributed by atoms with van der Waals surface area (Å²) in [4.78, 5) is 13.8. The van der Waals surface area contributed by atoms with Crippen LogP contribution < -0.4 is 135 Å².